The first kappa shape index (κ1) is 20.8. The molecule has 0 saturated carbocycles. The van der Waals surface area contributed by atoms with Gasteiger partial charge in [-0.1, -0.05) is 109 Å². The van der Waals surface area contributed by atoms with E-state index >= 15 is 0 Å². The molecule has 0 aliphatic carbocycles. The molecule has 4 aromatic carbocycles. The largest absolute Gasteiger partial charge is 0.524 e. The molecule has 5 heteroatoms. The van der Waals surface area contributed by atoms with E-state index in [1.807, 2.05) is 103 Å². The van der Waals surface area contributed by atoms with Gasteiger partial charge in [-0.05, 0) is 28.3 Å². The average Bonchev–Trinajstić information content (AvgIpc) is 2.79. The number of hydrogen-bond donors (Lipinski definition) is 2. The summed E-state index contributed by atoms with van der Waals surface area (Å²) in [6.07, 6.45) is 0. The Kier molecular flexibility index (Phi) is 6.15. The maximum absolute atomic E-state index is 11.7. The fraction of sp³-hybridized carbons (Fsp3) is 0. The van der Waals surface area contributed by atoms with Crippen molar-refractivity contribution in [3.05, 3.63) is 138 Å². The highest BCUT2D eigenvalue weighted by Gasteiger charge is 2.23. The van der Waals surface area contributed by atoms with Crippen LogP contribution in [0.3, 0.4) is 0 Å². The zero-order valence-electron chi connectivity index (χ0n) is 16.6. The molecule has 31 heavy (non-hydrogen) atoms. The van der Waals surface area contributed by atoms with Crippen molar-refractivity contribution in [2.45, 2.75) is 0 Å². The SMILES string of the molecule is O=P(O)(O)Oc1ccccc1C(=C(c1ccccc1)c1ccccc1)c1ccccc1. The van der Waals surface area contributed by atoms with Crippen molar-refractivity contribution in [1.29, 1.82) is 0 Å². The Morgan fingerprint density at radius 3 is 1.39 bits per heavy atom. The van der Waals surface area contributed by atoms with Gasteiger partial charge in [0.05, 0.1) is 0 Å². The summed E-state index contributed by atoms with van der Waals surface area (Å²) in [5.74, 6) is 0.124. The molecule has 4 rings (SSSR count). The first-order valence-corrected chi connectivity index (χ1v) is 11.3. The smallest absolute Gasteiger partial charge is 0.404 e. The van der Waals surface area contributed by atoms with E-state index in [1.54, 1.807) is 12.1 Å². The summed E-state index contributed by atoms with van der Waals surface area (Å²) in [6, 6.07) is 36.6. The lowest BCUT2D eigenvalue weighted by Crippen LogP contribution is -2.00. The van der Waals surface area contributed by atoms with E-state index in [0.717, 1.165) is 27.8 Å². The molecule has 0 unspecified atom stereocenters. The molecule has 154 valence electrons. The molecule has 0 radical (unpaired) electrons. The van der Waals surface area contributed by atoms with Gasteiger partial charge in [0.25, 0.3) is 0 Å². The normalized spacial score (nSPS) is 11.0. The third kappa shape index (κ3) is 5.01. The summed E-state index contributed by atoms with van der Waals surface area (Å²) < 4.78 is 16.8. The second-order valence-electron chi connectivity index (χ2n) is 6.93. The molecule has 0 fully saturated rings. The zero-order valence-corrected chi connectivity index (χ0v) is 17.5. The van der Waals surface area contributed by atoms with Gasteiger partial charge < -0.3 is 4.52 Å². The van der Waals surface area contributed by atoms with Gasteiger partial charge in [-0.25, -0.2) is 4.57 Å². The first-order chi connectivity index (χ1) is 15.0. The van der Waals surface area contributed by atoms with Gasteiger partial charge in [-0.2, -0.15) is 0 Å². The standard InChI is InChI=1S/C26H21O4P/c27-31(28,29)30-24-19-11-10-18-23(24)26(22-16-8-3-9-17-22)25(20-12-4-1-5-13-20)21-14-6-2-7-15-21/h1-19H,(H2,27,28,29). The Balaban J connectivity index is 2.11. The van der Waals surface area contributed by atoms with Crippen molar-refractivity contribution >= 4 is 19.0 Å². The van der Waals surface area contributed by atoms with Gasteiger partial charge in [0.1, 0.15) is 5.75 Å². The molecular weight excluding hydrogens is 407 g/mol. The van der Waals surface area contributed by atoms with E-state index < -0.39 is 7.82 Å². The van der Waals surface area contributed by atoms with Crippen LogP contribution in [0, 0.1) is 0 Å². The molecule has 4 nitrogen and oxygen atoms in total. The van der Waals surface area contributed by atoms with Crippen molar-refractivity contribution in [2.75, 3.05) is 0 Å². The van der Waals surface area contributed by atoms with Crippen LogP contribution in [0.25, 0.3) is 11.1 Å². The summed E-state index contributed by atoms with van der Waals surface area (Å²) in [4.78, 5) is 19.0. The number of phosphoric acid groups is 1. The molecule has 0 spiro atoms. The molecule has 0 heterocycles. The zero-order chi connectivity index (χ0) is 21.7. The summed E-state index contributed by atoms with van der Waals surface area (Å²) in [5.41, 5.74) is 5.24. The molecule has 0 aliphatic rings. The maximum Gasteiger partial charge on any atom is 0.524 e. The van der Waals surface area contributed by atoms with Crippen LogP contribution in [-0.4, -0.2) is 9.79 Å². The third-order valence-electron chi connectivity index (χ3n) is 4.81. The van der Waals surface area contributed by atoms with Crippen molar-refractivity contribution in [1.82, 2.24) is 0 Å². The minimum atomic E-state index is -4.74. The third-order valence-corrected chi connectivity index (χ3v) is 5.25. The average molecular weight is 428 g/mol. The van der Waals surface area contributed by atoms with E-state index in [1.165, 1.54) is 0 Å². The van der Waals surface area contributed by atoms with Crippen LogP contribution in [-0.2, 0) is 4.57 Å². The second kappa shape index (κ2) is 9.15. The number of para-hydroxylation sites is 1. The summed E-state index contributed by atoms with van der Waals surface area (Å²) in [5, 5.41) is 0. The van der Waals surface area contributed by atoms with Gasteiger partial charge >= 0.3 is 7.82 Å². The van der Waals surface area contributed by atoms with Gasteiger partial charge in [-0.3, -0.25) is 9.79 Å². The minimum absolute atomic E-state index is 0.124. The van der Waals surface area contributed by atoms with Crippen LogP contribution in [0.5, 0.6) is 5.75 Å². The highest BCUT2D eigenvalue weighted by atomic mass is 31.2. The monoisotopic (exact) mass is 428 g/mol. The van der Waals surface area contributed by atoms with Crippen LogP contribution in [0.2, 0.25) is 0 Å². The molecular formula is C26H21O4P. The second-order valence-corrected chi connectivity index (χ2v) is 8.09. The van der Waals surface area contributed by atoms with Crippen LogP contribution in [0.1, 0.15) is 22.3 Å². The van der Waals surface area contributed by atoms with E-state index in [2.05, 4.69) is 0 Å². The quantitative estimate of drug-likeness (QED) is 0.285. The number of benzene rings is 4. The molecule has 2 N–H and O–H groups in total. The lowest BCUT2D eigenvalue weighted by Gasteiger charge is -2.20. The molecule has 0 amide bonds. The minimum Gasteiger partial charge on any atom is -0.404 e. The predicted octanol–water partition coefficient (Wildman–Crippen LogP) is 6.17. The molecule has 0 atom stereocenters. The molecule has 0 saturated heterocycles. The van der Waals surface area contributed by atoms with Gasteiger partial charge in [0.2, 0.25) is 0 Å². The van der Waals surface area contributed by atoms with E-state index in [0.29, 0.717) is 5.56 Å². The van der Waals surface area contributed by atoms with Crippen LogP contribution in [0.15, 0.2) is 115 Å². The Bertz CT molecular complexity index is 1190. The Hall–Kier alpha value is -3.43. The van der Waals surface area contributed by atoms with Gasteiger partial charge in [-0.15, -0.1) is 0 Å². The van der Waals surface area contributed by atoms with Crippen molar-refractivity contribution in [3.63, 3.8) is 0 Å². The lowest BCUT2D eigenvalue weighted by molar-refractivity contribution is 0.283. The summed E-state index contributed by atoms with van der Waals surface area (Å²) in [7, 11) is -4.74. The Labute approximate surface area is 181 Å². The van der Waals surface area contributed by atoms with Gasteiger partial charge in [0, 0.05) is 11.1 Å². The Morgan fingerprint density at radius 1 is 0.548 bits per heavy atom. The first-order valence-electron chi connectivity index (χ1n) is 9.78. The molecule has 0 aliphatic heterocycles. The predicted molar refractivity (Wildman–Crippen MR) is 123 cm³/mol. The topological polar surface area (TPSA) is 66.8 Å². The van der Waals surface area contributed by atoms with E-state index in [4.69, 9.17) is 4.52 Å². The van der Waals surface area contributed by atoms with Crippen molar-refractivity contribution in [3.8, 4) is 5.75 Å². The van der Waals surface area contributed by atoms with Crippen molar-refractivity contribution in [2.24, 2.45) is 0 Å². The van der Waals surface area contributed by atoms with E-state index in [9.17, 15) is 14.4 Å². The van der Waals surface area contributed by atoms with Crippen LogP contribution < -0.4 is 4.52 Å². The maximum atomic E-state index is 11.7. The highest BCUT2D eigenvalue weighted by Crippen LogP contribution is 2.45. The molecule has 4 aromatic rings. The fourth-order valence-corrected chi connectivity index (χ4v) is 4.00. The summed E-state index contributed by atoms with van der Waals surface area (Å²) in [6.45, 7) is 0. The van der Waals surface area contributed by atoms with Crippen LogP contribution in [0.4, 0.5) is 0 Å². The molecule has 0 aromatic heterocycles. The summed E-state index contributed by atoms with van der Waals surface area (Å²) >= 11 is 0. The van der Waals surface area contributed by atoms with Gasteiger partial charge in [0.15, 0.2) is 0 Å². The fourth-order valence-electron chi connectivity index (χ4n) is 3.59. The Morgan fingerprint density at radius 2 is 0.935 bits per heavy atom. The number of phosphoric ester groups is 1. The highest BCUT2D eigenvalue weighted by molar-refractivity contribution is 7.46. The number of rotatable bonds is 6. The molecule has 0 bridgehead atoms. The lowest BCUT2D eigenvalue weighted by atomic mass is 9.85. The van der Waals surface area contributed by atoms with Crippen molar-refractivity contribution < 1.29 is 18.9 Å². The van der Waals surface area contributed by atoms with E-state index in [-0.39, 0.29) is 5.75 Å². The number of hydrogen-bond acceptors (Lipinski definition) is 2. The van der Waals surface area contributed by atoms with Crippen LogP contribution >= 0.6 is 7.82 Å².